The van der Waals surface area contributed by atoms with Gasteiger partial charge in [-0.25, -0.2) is 4.39 Å². The summed E-state index contributed by atoms with van der Waals surface area (Å²) in [6.45, 7) is 2.57. The molecule has 0 radical (unpaired) electrons. The number of ether oxygens (including phenoxy) is 1. The Bertz CT molecular complexity index is 538. The van der Waals surface area contributed by atoms with Crippen molar-refractivity contribution in [2.45, 2.75) is 31.9 Å². The fourth-order valence-electron chi connectivity index (χ4n) is 2.80. The molecule has 0 aliphatic carbocycles. The summed E-state index contributed by atoms with van der Waals surface area (Å²) in [5.74, 6) is -0.568. The number of rotatable bonds is 4. The molecule has 21 heavy (non-hydrogen) atoms. The molecular weight excluding hydrogens is 277 g/mol. The van der Waals surface area contributed by atoms with Crippen LogP contribution >= 0.6 is 0 Å². The van der Waals surface area contributed by atoms with E-state index in [0.717, 1.165) is 12.5 Å². The highest BCUT2D eigenvalue weighted by molar-refractivity contribution is 5.65. The van der Waals surface area contributed by atoms with E-state index in [1.807, 2.05) is 4.90 Å². The number of aryl methyl sites for hydroxylation is 1. The number of methoxy groups -OCH3 is 1. The minimum absolute atomic E-state index is 0.0488. The van der Waals surface area contributed by atoms with Crippen LogP contribution in [-0.4, -0.2) is 37.3 Å². The first-order valence-electron chi connectivity index (χ1n) is 6.92. The Hall–Kier alpha value is -1.73. The van der Waals surface area contributed by atoms with E-state index >= 15 is 0 Å². The lowest BCUT2D eigenvalue weighted by atomic mass is 9.97. The molecule has 1 saturated heterocycles. The highest BCUT2D eigenvalue weighted by Gasteiger charge is 2.32. The molecule has 1 aliphatic heterocycles. The summed E-state index contributed by atoms with van der Waals surface area (Å²) in [4.78, 5) is 12.6. The lowest BCUT2D eigenvalue weighted by Gasteiger charge is -2.39. The second-order valence-electron chi connectivity index (χ2n) is 5.31. The monoisotopic (exact) mass is 297 g/mol. The van der Waals surface area contributed by atoms with Gasteiger partial charge in [0.05, 0.1) is 17.1 Å². The van der Waals surface area contributed by atoms with Crippen LogP contribution in [0.4, 0.5) is 15.8 Å². The van der Waals surface area contributed by atoms with Crippen LogP contribution in [0.25, 0.3) is 0 Å². The molecule has 1 heterocycles. The van der Waals surface area contributed by atoms with Gasteiger partial charge in [0.25, 0.3) is 5.69 Å². The zero-order chi connectivity index (χ0) is 15.6. The Morgan fingerprint density at radius 1 is 1.57 bits per heavy atom. The number of nitrogens with two attached hydrogens (primary N) is 1. The van der Waals surface area contributed by atoms with Crippen molar-refractivity contribution in [3.05, 3.63) is 33.6 Å². The SMILES string of the molecule is COC1CCN(c2cc(C)c(F)cc2[N+](=O)[O-])C(CN)C1. The van der Waals surface area contributed by atoms with Crippen LogP contribution in [0.2, 0.25) is 0 Å². The number of anilines is 1. The number of nitro groups is 1. The molecule has 2 atom stereocenters. The molecular formula is C14H20FN3O3. The van der Waals surface area contributed by atoms with Crippen LogP contribution in [0, 0.1) is 22.9 Å². The van der Waals surface area contributed by atoms with Crippen molar-refractivity contribution >= 4 is 11.4 Å². The lowest BCUT2D eigenvalue weighted by molar-refractivity contribution is -0.384. The highest BCUT2D eigenvalue weighted by atomic mass is 19.1. The standard InChI is InChI=1S/C14H20FN3O3/c1-9-5-13(14(18(19)20)7-12(9)15)17-4-3-11(21-2)6-10(17)8-16/h5,7,10-11H,3-4,6,8,16H2,1-2H3. The molecule has 2 unspecified atom stereocenters. The number of halogens is 1. The molecule has 7 heteroatoms. The Morgan fingerprint density at radius 2 is 2.29 bits per heavy atom. The van der Waals surface area contributed by atoms with Gasteiger partial charge in [-0.05, 0) is 31.4 Å². The van der Waals surface area contributed by atoms with E-state index < -0.39 is 10.7 Å². The zero-order valence-electron chi connectivity index (χ0n) is 12.2. The van der Waals surface area contributed by atoms with Crippen molar-refractivity contribution in [1.82, 2.24) is 0 Å². The second-order valence-corrected chi connectivity index (χ2v) is 5.31. The third kappa shape index (κ3) is 3.14. The Balaban J connectivity index is 2.40. The van der Waals surface area contributed by atoms with Gasteiger partial charge < -0.3 is 15.4 Å². The number of hydrogen-bond donors (Lipinski definition) is 1. The topological polar surface area (TPSA) is 81.6 Å². The van der Waals surface area contributed by atoms with Gasteiger partial charge in [0.1, 0.15) is 11.5 Å². The molecule has 1 aromatic carbocycles. The van der Waals surface area contributed by atoms with Crippen LogP contribution in [0.3, 0.4) is 0 Å². The fraction of sp³-hybridized carbons (Fsp3) is 0.571. The number of piperidine rings is 1. The molecule has 0 bridgehead atoms. The summed E-state index contributed by atoms with van der Waals surface area (Å²) >= 11 is 0. The molecule has 116 valence electrons. The Morgan fingerprint density at radius 3 is 2.86 bits per heavy atom. The minimum Gasteiger partial charge on any atom is -0.381 e. The highest BCUT2D eigenvalue weighted by Crippen LogP contribution is 2.35. The number of hydrogen-bond acceptors (Lipinski definition) is 5. The van der Waals surface area contributed by atoms with Crippen molar-refractivity contribution in [2.75, 3.05) is 25.1 Å². The maximum absolute atomic E-state index is 13.6. The zero-order valence-corrected chi connectivity index (χ0v) is 12.2. The summed E-state index contributed by atoms with van der Waals surface area (Å²) in [6.07, 6.45) is 1.58. The molecule has 0 saturated carbocycles. The van der Waals surface area contributed by atoms with E-state index in [9.17, 15) is 14.5 Å². The Kier molecular flexibility index (Phi) is 4.74. The van der Waals surface area contributed by atoms with Crippen molar-refractivity contribution in [2.24, 2.45) is 5.73 Å². The minimum atomic E-state index is -0.568. The number of nitrogens with zero attached hydrogens (tertiary/aromatic N) is 2. The average Bonchev–Trinajstić information content (AvgIpc) is 2.48. The molecule has 6 nitrogen and oxygen atoms in total. The van der Waals surface area contributed by atoms with Crippen LogP contribution in [0.1, 0.15) is 18.4 Å². The van der Waals surface area contributed by atoms with Crippen LogP contribution < -0.4 is 10.6 Å². The van der Waals surface area contributed by atoms with Gasteiger partial charge in [-0.2, -0.15) is 0 Å². The summed E-state index contributed by atoms with van der Waals surface area (Å²) in [5, 5.41) is 11.2. The predicted molar refractivity (Wildman–Crippen MR) is 78.0 cm³/mol. The summed E-state index contributed by atoms with van der Waals surface area (Å²) < 4.78 is 19.0. The first-order valence-corrected chi connectivity index (χ1v) is 6.92. The van der Waals surface area contributed by atoms with E-state index in [1.165, 1.54) is 6.07 Å². The lowest BCUT2D eigenvalue weighted by Crippen LogP contribution is -2.49. The van der Waals surface area contributed by atoms with Gasteiger partial charge in [-0.1, -0.05) is 0 Å². The third-order valence-corrected chi connectivity index (χ3v) is 4.04. The first kappa shape index (κ1) is 15.7. The smallest absolute Gasteiger partial charge is 0.295 e. The normalized spacial score (nSPS) is 22.4. The molecule has 1 aliphatic rings. The van der Waals surface area contributed by atoms with Gasteiger partial charge in [-0.15, -0.1) is 0 Å². The quantitative estimate of drug-likeness (QED) is 0.679. The maximum Gasteiger partial charge on any atom is 0.295 e. The van der Waals surface area contributed by atoms with Gasteiger partial charge in [-0.3, -0.25) is 10.1 Å². The van der Waals surface area contributed by atoms with E-state index in [2.05, 4.69) is 0 Å². The van der Waals surface area contributed by atoms with Crippen LogP contribution in [0.5, 0.6) is 0 Å². The largest absolute Gasteiger partial charge is 0.381 e. The van der Waals surface area contributed by atoms with Gasteiger partial charge in [0.15, 0.2) is 0 Å². The summed E-state index contributed by atoms with van der Waals surface area (Å²) in [7, 11) is 1.65. The van der Waals surface area contributed by atoms with Crippen molar-refractivity contribution in [1.29, 1.82) is 0 Å². The molecule has 0 amide bonds. The van der Waals surface area contributed by atoms with Crippen molar-refractivity contribution in [3.8, 4) is 0 Å². The van der Waals surface area contributed by atoms with Gasteiger partial charge in [0, 0.05) is 26.2 Å². The van der Waals surface area contributed by atoms with Crippen molar-refractivity contribution < 1.29 is 14.1 Å². The van der Waals surface area contributed by atoms with Gasteiger partial charge >= 0.3 is 0 Å². The number of nitro benzene ring substituents is 1. The average molecular weight is 297 g/mol. The molecule has 1 fully saturated rings. The molecule has 0 aromatic heterocycles. The molecule has 0 spiro atoms. The fourth-order valence-corrected chi connectivity index (χ4v) is 2.80. The summed E-state index contributed by atoms with van der Waals surface area (Å²) in [6, 6.07) is 2.47. The first-order chi connectivity index (χ1) is 9.97. The maximum atomic E-state index is 13.6. The third-order valence-electron chi connectivity index (χ3n) is 4.04. The van der Waals surface area contributed by atoms with Crippen LogP contribution in [0.15, 0.2) is 12.1 Å². The molecule has 2 rings (SSSR count). The molecule has 2 N–H and O–H groups in total. The van der Waals surface area contributed by atoms with Gasteiger partial charge in [0.2, 0.25) is 0 Å². The van der Waals surface area contributed by atoms with Crippen molar-refractivity contribution in [3.63, 3.8) is 0 Å². The predicted octanol–water partition coefficient (Wildman–Crippen LogP) is 1.98. The Labute approximate surface area is 122 Å². The summed E-state index contributed by atoms with van der Waals surface area (Å²) in [5.41, 5.74) is 6.41. The number of benzene rings is 1. The van der Waals surface area contributed by atoms with Crippen LogP contribution in [-0.2, 0) is 4.74 Å². The van der Waals surface area contributed by atoms with E-state index in [1.54, 1.807) is 14.0 Å². The molecule has 1 aromatic rings. The van der Waals surface area contributed by atoms with E-state index in [-0.39, 0.29) is 17.8 Å². The second kappa shape index (κ2) is 6.36. The van der Waals surface area contributed by atoms with E-state index in [4.69, 9.17) is 10.5 Å². The van der Waals surface area contributed by atoms with E-state index in [0.29, 0.717) is 30.8 Å².